The Balaban J connectivity index is 2.00. The molecule has 3 nitrogen and oxygen atoms in total. The van der Waals surface area contributed by atoms with E-state index in [9.17, 15) is 4.79 Å². The highest BCUT2D eigenvalue weighted by Crippen LogP contribution is 2.27. The topological polar surface area (TPSA) is 38.7 Å². The minimum absolute atomic E-state index is 0.143. The molecule has 0 fully saturated rings. The van der Waals surface area contributed by atoms with Gasteiger partial charge >= 0.3 is 5.97 Å². The van der Waals surface area contributed by atoms with Crippen LogP contribution in [-0.4, -0.2) is 11.9 Å². The second kappa shape index (κ2) is 6.13. The minimum atomic E-state index is -0.555. The Morgan fingerprint density at radius 2 is 1.77 bits per heavy atom. The molecular weight excluding hydrogens is 345 g/mol. The summed E-state index contributed by atoms with van der Waals surface area (Å²) in [6.07, 6.45) is 1.57. The normalized spacial score (nSPS) is 15.9. The van der Waals surface area contributed by atoms with E-state index in [0.717, 1.165) is 0 Å². The molecule has 0 aliphatic carbocycles. The molecule has 0 bridgehead atoms. The minimum Gasteiger partial charge on any atom is -0.402 e. The first-order valence-electron chi connectivity index (χ1n) is 6.27. The first-order valence-corrected chi connectivity index (χ1v) is 7.40. The van der Waals surface area contributed by atoms with Crippen molar-refractivity contribution >= 4 is 52.7 Å². The monoisotopic (exact) mass is 351 g/mol. The quantitative estimate of drug-likeness (QED) is 0.564. The Kier molecular flexibility index (Phi) is 4.21. The molecule has 110 valence electrons. The molecule has 6 heteroatoms. The van der Waals surface area contributed by atoms with Gasteiger partial charge in [-0.3, -0.25) is 0 Å². The fraction of sp³-hybridized carbons (Fsp3) is 0. The number of ether oxygens (including phenoxy) is 1. The van der Waals surface area contributed by atoms with Crippen LogP contribution in [0.25, 0.3) is 6.08 Å². The third kappa shape index (κ3) is 3.02. The third-order valence-corrected chi connectivity index (χ3v) is 3.87. The van der Waals surface area contributed by atoms with Gasteiger partial charge in [-0.05, 0) is 35.9 Å². The van der Waals surface area contributed by atoms with Crippen LogP contribution < -0.4 is 0 Å². The lowest BCUT2D eigenvalue weighted by Crippen LogP contribution is -2.05. The van der Waals surface area contributed by atoms with Crippen LogP contribution in [0.4, 0.5) is 0 Å². The van der Waals surface area contributed by atoms with Crippen LogP contribution in [-0.2, 0) is 9.53 Å². The zero-order valence-electron chi connectivity index (χ0n) is 11.0. The molecule has 3 rings (SSSR count). The summed E-state index contributed by atoms with van der Waals surface area (Å²) < 4.78 is 5.16. The lowest BCUT2D eigenvalue weighted by molar-refractivity contribution is -0.129. The van der Waals surface area contributed by atoms with Crippen LogP contribution in [0.2, 0.25) is 15.1 Å². The van der Waals surface area contributed by atoms with Gasteiger partial charge in [0.1, 0.15) is 0 Å². The molecule has 1 aliphatic heterocycles. The molecule has 22 heavy (non-hydrogen) atoms. The Morgan fingerprint density at radius 3 is 2.50 bits per heavy atom. The molecule has 0 unspecified atom stereocenters. The molecule has 0 radical (unpaired) electrons. The van der Waals surface area contributed by atoms with E-state index >= 15 is 0 Å². The van der Waals surface area contributed by atoms with Gasteiger partial charge in [-0.2, -0.15) is 0 Å². The molecule has 0 N–H and O–H groups in total. The van der Waals surface area contributed by atoms with E-state index in [0.29, 0.717) is 26.2 Å². The first-order chi connectivity index (χ1) is 10.5. The van der Waals surface area contributed by atoms with Crippen molar-refractivity contribution in [2.75, 3.05) is 0 Å². The molecule has 1 heterocycles. The van der Waals surface area contributed by atoms with Gasteiger partial charge in [0.15, 0.2) is 5.70 Å². The number of carbonyl (C=O) groups excluding carboxylic acids is 1. The van der Waals surface area contributed by atoms with Crippen LogP contribution in [0.1, 0.15) is 11.1 Å². The third-order valence-electron chi connectivity index (χ3n) is 2.98. The maximum atomic E-state index is 11.9. The molecule has 0 spiro atoms. The van der Waals surface area contributed by atoms with Gasteiger partial charge < -0.3 is 4.74 Å². The fourth-order valence-corrected chi connectivity index (χ4v) is 2.61. The summed E-state index contributed by atoms with van der Waals surface area (Å²) in [5, 5.41) is 1.37. The van der Waals surface area contributed by atoms with E-state index in [1.807, 2.05) is 6.07 Å². The van der Waals surface area contributed by atoms with Gasteiger partial charge in [0, 0.05) is 10.0 Å². The number of hydrogen-bond donors (Lipinski definition) is 0. The molecule has 2 aromatic rings. The number of nitrogens with zero attached hydrogens (tertiary/aromatic N) is 1. The largest absolute Gasteiger partial charge is 0.402 e. The van der Waals surface area contributed by atoms with Gasteiger partial charge in [0.25, 0.3) is 0 Å². The second-order valence-corrected chi connectivity index (χ2v) is 5.73. The second-order valence-electron chi connectivity index (χ2n) is 4.48. The van der Waals surface area contributed by atoms with Crippen molar-refractivity contribution in [3.05, 3.63) is 74.4 Å². The van der Waals surface area contributed by atoms with Crippen molar-refractivity contribution in [2.24, 2.45) is 4.99 Å². The van der Waals surface area contributed by atoms with Crippen LogP contribution in [0, 0.1) is 0 Å². The predicted molar refractivity (Wildman–Crippen MR) is 88.5 cm³/mol. The van der Waals surface area contributed by atoms with Gasteiger partial charge in [-0.15, -0.1) is 0 Å². The van der Waals surface area contributed by atoms with E-state index in [1.54, 1.807) is 42.5 Å². The highest BCUT2D eigenvalue weighted by Gasteiger charge is 2.25. The van der Waals surface area contributed by atoms with Crippen molar-refractivity contribution in [3.8, 4) is 0 Å². The summed E-state index contributed by atoms with van der Waals surface area (Å²) in [7, 11) is 0. The van der Waals surface area contributed by atoms with Crippen LogP contribution in [0.3, 0.4) is 0 Å². The number of esters is 1. The molecule has 0 saturated heterocycles. The number of halogens is 3. The SMILES string of the molecule is O=C1OC(c2ccc(Cl)cc2Cl)=NC1=Cc1ccccc1Cl. The molecule has 0 amide bonds. The smallest absolute Gasteiger partial charge is 0.363 e. The molecule has 0 saturated carbocycles. The number of hydrogen-bond acceptors (Lipinski definition) is 3. The summed E-state index contributed by atoms with van der Waals surface area (Å²) in [5.74, 6) is -0.411. The van der Waals surface area contributed by atoms with Crippen LogP contribution in [0.15, 0.2) is 53.2 Å². The van der Waals surface area contributed by atoms with Crippen LogP contribution in [0.5, 0.6) is 0 Å². The summed E-state index contributed by atoms with van der Waals surface area (Å²) >= 11 is 18.0. The molecule has 2 aromatic carbocycles. The summed E-state index contributed by atoms with van der Waals surface area (Å²) in [4.78, 5) is 16.1. The highest BCUT2D eigenvalue weighted by molar-refractivity contribution is 6.37. The number of carbonyl (C=O) groups is 1. The average Bonchev–Trinajstić information content (AvgIpc) is 2.82. The summed E-state index contributed by atoms with van der Waals surface area (Å²) in [5.41, 5.74) is 1.35. The Hall–Kier alpha value is -1.81. The van der Waals surface area contributed by atoms with Crippen molar-refractivity contribution in [1.82, 2.24) is 0 Å². The molecule has 0 aromatic heterocycles. The van der Waals surface area contributed by atoms with Crippen molar-refractivity contribution in [3.63, 3.8) is 0 Å². The van der Waals surface area contributed by atoms with Gasteiger partial charge in [-0.25, -0.2) is 9.79 Å². The van der Waals surface area contributed by atoms with Gasteiger partial charge in [0.05, 0.1) is 10.6 Å². The maximum absolute atomic E-state index is 11.9. The summed E-state index contributed by atoms with van der Waals surface area (Å²) in [6, 6.07) is 12.0. The molecular formula is C16H8Cl3NO2. The zero-order chi connectivity index (χ0) is 15.7. The fourth-order valence-electron chi connectivity index (χ4n) is 1.93. The summed E-state index contributed by atoms with van der Waals surface area (Å²) in [6.45, 7) is 0. The van der Waals surface area contributed by atoms with E-state index in [4.69, 9.17) is 39.5 Å². The number of aliphatic imine (C=N–C) groups is 1. The predicted octanol–water partition coefficient (Wildman–Crippen LogP) is 4.99. The maximum Gasteiger partial charge on any atom is 0.363 e. The lowest BCUT2D eigenvalue weighted by Gasteiger charge is -2.02. The van der Waals surface area contributed by atoms with E-state index in [2.05, 4.69) is 4.99 Å². The molecule has 1 aliphatic rings. The molecule has 0 atom stereocenters. The number of benzene rings is 2. The first kappa shape index (κ1) is 15.1. The number of rotatable bonds is 2. The van der Waals surface area contributed by atoms with Crippen molar-refractivity contribution in [1.29, 1.82) is 0 Å². The number of cyclic esters (lactones) is 1. The van der Waals surface area contributed by atoms with Gasteiger partial charge in [-0.1, -0.05) is 53.0 Å². The van der Waals surface area contributed by atoms with Crippen LogP contribution >= 0.6 is 34.8 Å². The lowest BCUT2D eigenvalue weighted by atomic mass is 10.2. The van der Waals surface area contributed by atoms with E-state index in [1.165, 1.54) is 0 Å². The Bertz CT molecular complexity index is 828. The van der Waals surface area contributed by atoms with Gasteiger partial charge in [0.2, 0.25) is 5.90 Å². The zero-order valence-corrected chi connectivity index (χ0v) is 13.3. The Morgan fingerprint density at radius 1 is 1.00 bits per heavy atom. The van der Waals surface area contributed by atoms with E-state index in [-0.39, 0.29) is 11.6 Å². The standard InChI is InChI=1S/C16H8Cl3NO2/c17-10-5-6-11(13(19)8-10)15-20-14(16(21)22-15)7-9-3-1-2-4-12(9)18/h1-8H. The highest BCUT2D eigenvalue weighted by atomic mass is 35.5. The Labute approximate surface area is 141 Å². The van der Waals surface area contributed by atoms with E-state index < -0.39 is 5.97 Å². The van der Waals surface area contributed by atoms with Crippen molar-refractivity contribution in [2.45, 2.75) is 0 Å². The van der Waals surface area contributed by atoms with Crippen molar-refractivity contribution < 1.29 is 9.53 Å². The average molecular weight is 353 g/mol.